The number of carboxylic acids is 2. The zero-order chi connectivity index (χ0) is 18.7. The molecule has 1 aliphatic carbocycles. The lowest BCUT2D eigenvalue weighted by molar-refractivity contribution is -0.154. The Kier molecular flexibility index (Phi) is 5.37. The molecule has 4 N–H and O–H groups in total. The van der Waals surface area contributed by atoms with Gasteiger partial charge >= 0.3 is 11.9 Å². The van der Waals surface area contributed by atoms with Gasteiger partial charge in [0.25, 0.3) is 0 Å². The van der Waals surface area contributed by atoms with Crippen molar-refractivity contribution in [3.8, 4) is 11.5 Å². The summed E-state index contributed by atoms with van der Waals surface area (Å²) < 4.78 is 5.53. The van der Waals surface area contributed by atoms with Crippen LogP contribution in [-0.2, 0) is 9.59 Å². The molecule has 0 spiro atoms. The highest BCUT2D eigenvalue weighted by Crippen LogP contribution is 2.41. The summed E-state index contributed by atoms with van der Waals surface area (Å²) in [7, 11) is 0. The Morgan fingerprint density at radius 3 is 2.40 bits per heavy atom. The molecule has 0 heterocycles. The third-order valence-electron chi connectivity index (χ3n) is 4.70. The van der Waals surface area contributed by atoms with Gasteiger partial charge in [-0.15, -0.1) is 0 Å². The molecule has 0 aromatic heterocycles. The second kappa shape index (κ2) is 7.14. The average molecular weight is 350 g/mol. The van der Waals surface area contributed by atoms with Crippen LogP contribution in [0.1, 0.15) is 38.2 Å². The number of aromatic hydroxyl groups is 1. The van der Waals surface area contributed by atoms with Crippen LogP contribution in [0.3, 0.4) is 0 Å². The lowest BCUT2D eigenvalue weighted by Crippen LogP contribution is -2.45. The minimum absolute atomic E-state index is 0.0810. The van der Waals surface area contributed by atoms with E-state index in [2.05, 4.69) is 0 Å². The molecule has 0 amide bonds. The average Bonchev–Trinajstić information content (AvgIpc) is 2.56. The molecule has 0 radical (unpaired) electrons. The predicted octanol–water partition coefficient (Wildman–Crippen LogP) is 2.26. The Morgan fingerprint density at radius 2 is 1.84 bits per heavy atom. The highest BCUT2D eigenvalue weighted by molar-refractivity contribution is 5.85. The molecule has 0 bridgehead atoms. The minimum Gasteiger partial charge on any atom is -0.504 e. The fourth-order valence-corrected chi connectivity index (χ4v) is 2.75. The largest absolute Gasteiger partial charge is 0.504 e. The first kappa shape index (κ1) is 18.8. The predicted molar refractivity (Wildman–Crippen MR) is 89.4 cm³/mol. The number of hydrogen-bond donors (Lipinski definition) is 4. The maximum Gasteiger partial charge on any atom is 0.328 e. The number of carbonyl (C=O) groups is 2. The summed E-state index contributed by atoms with van der Waals surface area (Å²) in [6.07, 6.45) is 3.59. The first-order valence-electron chi connectivity index (χ1n) is 7.96. The third-order valence-corrected chi connectivity index (χ3v) is 4.70. The van der Waals surface area contributed by atoms with Crippen LogP contribution in [0.25, 0.3) is 6.08 Å². The number of aliphatic hydroxyl groups is 1. The summed E-state index contributed by atoms with van der Waals surface area (Å²) in [5, 5.41) is 38.3. The smallest absolute Gasteiger partial charge is 0.328 e. The second-order valence-electron chi connectivity index (χ2n) is 6.78. The van der Waals surface area contributed by atoms with Crippen LogP contribution in [0, 0.1) is 5.41 Å². The van der Waals surface area contributed by atoms with E-state index in [-0.39, 0.29) is 30.9 Å². The number of ether oxygens (including phenoxy) is 1. The number of benzene rings is 1. The molecule has 25 heavy (non-hydrogen) atoms. The van der Waals surface area contributed by atoms with Crippen LogP contribution in [0.15, 0.2) is 24.3 Å². The topological polar surface area (TPSA) is 124 Å². The molecule has 1 aromatic rings. The third kappa shape index (κ3) is 4.73. The van der Waals surface area contributed by atoms with Crippen LogP contribution in [0.2, 0.25) is 0 Å². The Balaban J connectivity index is 2.02. The lowest BCUT2D eigenvalue weighted by atomic mass is 9.70. The summed E-state index contributed by atoms with van der Waals surface area (Å²) in [6.45, 7) is 1.59. The van der Waals surface area contributed by atoms with Crippen LogP contribution in [0.5, 0.6) is 11.5 Å². The molecule has 1 fully saturated rings. The zero-order valence-electron chi connectivity index (χ0n) is 13.9. The summed E-state index contributed by atoms with van der Waals surface area (Å²) in [6, 6.07) is 4.39. The van der Waals surface area contributed by atoms with E-state index in [0.29, 0.717) is 18.4 Å². The monoisotopic (exact) mass is 350 g/mol. The van der Waals surface area contributed by atoms with Crippen molar-refractivity contribution >= 4 is 18.0 Å². The summed E-state index contributed by atoms with van der Waals surface area (Å²) >= 11 is 0. The van der Waals surface area contributed by atoms with E-state index in [4.69, 9.17) is 9.84 Å². The van der Waals surface area contributed by atoms with Crippen molar-refractivity contribution in [1.82, 2.24) is 0 Å². The standard InChI is InChI=1S/C18H22O7/c1-17(16(22)23)6-8-18(24,9-7-17)11-25-14-10-12(2-4-13(14)19)3-5-15(20)21/h2-5,10,19,24H,6-9,11H2,1H3,(H,20,21)(H,22,23)/b5-3+. The van der Waals surface area contributed by atoms with Gasteiger partial charge in [-0.2, -0.15) is 0 Å². The SMILES string of the molecule is CC1(C(=O)O)CCC(O)(COc2cc(/C=C/C(=O)O)ccc2O)CC1. The van der Waals surface area contributed by atoms with Gasteiger partial charge in [-0.05, 0) is 56.4 Å². The molecule has 7 nitrogen and oxygen atoms in total. The first-order chi connectivity index (χ1) is 11.6. The molecule has 1 saturated carbocycles. The molecule has 2 rings (SSSR count). The molecule has 0 aliphatic heterocycles. The fourth-order valence-electron chi connectivity index (χ4n) is 2.75. The van der Waals surface area contributed by atoms with Crippen molar-refractivity contribution in [1.29, 1.82) is 0 Å². The highest BCUT2D eigenvalue weighted by atomic mass is 16.5. The van der Waals surface area contributed by atoms with Gasteiger partial charge < -0.3 is 25.2 Å². The van der Waals surface area contributed by atoms with Crippen molar-refractivity contribution in [3.63, 3.8) is 0 Å². The summed E-state index contributed by atoms with van der Waals surface area (Å²) in [4.78, 5) is 21.8. The Bertz CT molecular complexity index is 685. The molecule has 1 aliphatic rings. The second-order valence-corrected chi connectivity index (χ2v) is 6.78. The van der Waals surface area contributed by atoms with Gasteiger partial charge in [-0.1, -0.05) is 6.07 Å². The number of phenolic OH excluding ortho intramolecular Hbond substituents is 1. The summed E-state index contributed by atoms with van der Waals surface area (Å²) in [5.74, 6) is -1.95. The van der Waals surface area contributed by atoms with Gasteiger partial charge in [-0.3, -0.25) is 4.79 Å². The van der Waals surface area contributed by atoms with Gasteiger partial charge in [0.15, 0.2) is 11.5 Å². The highest BCUT2D eigenvalue weighted by Gasteiger charge is 2.43. The maximum absolute atomic E-state index is 11.3. The van der Waals surface area contributed by atoms with E-state index >= 15 is 0 Å². The molecular formula is C18H22O7. The van der Waals surface area contributed by atoms with Crippen LogP contribution in [-0.4, -0.2) is 44.6 Å². The van der Waals surface area contributed by atoms with E-state index in [0.717, 1.165) is 6.08 Å². The molecule has 0 unspecified atom stereocenters. The number of rotatable bonds is 6. The van der Waals surface area contributed by atoms with Gasteiger partial charge in [-0.25, -0.2) is 4.79 Å². The van der Waals surface area contributed by atoms with E-state index in [1.807, 2.05) is 0 Å². The summed E-state index contributed by atoms with van der Waals surface area (Å²) in [5.41, 5.74) is -1.46. The minimum atomic E-state index is -1.16. The van der Waals surface area contributed by atoms with Crippen LogP contribution >= 0.6 is 0 Å². The van der Waals surface area contributed by atoms with Crippen molar-refractivity contribution in [2.75, 3.05) is 6.61 Å². The zero-order valence-corrected chi connectivity index (χ0v) is 13.9. The molecular weight excluding hydrogens is 328 g/mol. The lowest BCUT2D eigenvalue weighted by Gasteiger charge is -2.39. The van der Waals surface area contributed by atoms with Gasteiger partial charge in [0, 0.05) is 6.08 Å². The Hall–Kier alpha value is -2.54. The maximum atomic E-state index is 11.3. The molecule has 0 saturated heterocycles. The Labute approximate surface area is 145 Å². The first-order valence-corrected chi connectivity index (χ1v) is 7.96. The van der Waals surface area contributed by atoms with Crippen molar-refractivity contribution < 1.29 is 34.8 Å². The quantitative estimate of drug-likeness (QED) is 0.580. The van der Waals surface area contributed by atoms with E-state index < -0.39 is 23.0 Å². The number of aliphatic carboxylic acids is 2. The molecule has 1 aromatic carbocycles. The van der Waals surface area contributed by atoms with Crippen LogP contribution < -0.4 is 4.74 Å². The molecule has 7 heteroatoms. The molecule has 0 atom stereocenters. The van der Waals surface area contributed by atoms with Crippen LogP contribution in [0.4, 0.5) is 0 Å². The number of carboxylic acid groups (broad SMARTS) is 2. The van der Waals surface area contributed by atoms with Crippen molar-refractivity contribution in [2.24, 2.45) is 5.41 Å². The van der Waals surface area contributed by atoms with E-state index in [1.54, 1.807) is 6.92 Å². The van der Waals surface area contributed by atoms with E-state index in [9.17, 15) is 24.9 Å². The Morgan fingerprint density at radius 1 is 1.20 bits per heavy atom. The van der Waals surface area contributed by atoms with Gasteiger partial charge in [0.05, 0.1) is 11.0 Å². The molecule has 136 valence electrons. The van der Waals surface area contributed by atoms with Crippen molar-refractivity contribution in [3.05, 3.63) is 29.8 Å². The number of phenols is 1. The van der Waals surface area contributed by atoms with E-state index in [1.165, 1.54) is 24.3 Å². The van der Waals surface area contributed by atoms with Gasteiger partial charge in [0.1, 0.15) is 6.61 Å². The number of hydrogen-bond acceptors (Lipinski definition) is 5. The normalized spacial score (nSPS) is 26.5. The fraction of sp³-hybridized carbons (Fsp3) is 0.444. The van der Waals surface area contributed by atoms with Gasteiger partial charge in [0.2, 0.25) is 0 Å². The van der Waals surface area contributed by atoms with Crippen molar-refractivity contribution in [2.45, 2.75) is 38.2 Å².